The molecule has 0 radical (unpaired) electrons. The van der Waals surface area contributed by atoms with Crippen molar-refractivity contribution >= 4 is 56.2 Å². The number of halogens is 2. The van der Waals surface area contributed by atoms with Crippen molar-refractivity contribution < 1.29 is 13.2 Å². The molecule has 1 aromatic heterocycles. The zero-order valence-corrected chi connectivity index (χ0v) is 17.8. The second-order valence-corrected chi connectivity index (χ2v) is 10.5. The second kappa shape index (κ2) is 8.46. The van der Waals surface area contributed by atoms with Gasteiger partial charge in [0.05, 0.1) is 10.9 Å². The van der Waals surface area contributed by atoms with Crippen LogP contribution in [0.4, 0.5) is 5.69 Å². The van der Waals surface area contributed by atoms with Crippen LogP contribution in [0.3, 0.4) is 0 Å². The second-order valence-electron chi connectivity index (χ2n) is 6.20. The Hall–Kier alpha value is -1.16. The summed E-state index contributed by atoms with van der Waals surface area (Å²) >= 11 is 13.0. The minimum atomic E-state index is -3.53. The summed E-state index contributed by atoms with van der Waals surface area (Å²) in [7, 11) is -3.53. The number of benzene rings is 1. The number of piperazine rings is 1. The molecule has 27 heavy (non-hydrogen) atoms. The molecule has 0 unspecified atom stereocenters. The van der Waals surface area contributed by atoms with Crippen molar-refractivity contribution in [3.63, 3.8) is 0 Å². The fraction of sp³-hybridized carbons (Fsp3) is 0.353. The molecule has 2 aromatic rings. The lowest BCUT2D eigenvalue weighted by atomic mass is 10.2. The molecule has 3 rings (SSSR count). The number of carbonyl (C=O) groups is 1. The number of anilines is 1. The van der Waals surface area contributed by atoms with Gasteiger partial charge in [0.15, 0.2) is 0 Å². The van der Waals surface area contributed by atoms with Gasteiger partial charge in [0.2, 0.25) is 5.91 Å². The number of rotatable bonds is 5. The molecule has 0 bridgehead atoms. The lowest BCUT2D eigenvalue weighted by molar-refractivity contribution is -0.117. The van der Waals surface area contributed by atoms with Crippen LogP contribution in [-0.4, -0.2) is 56.3 Å². The molecule has 1 aromatic carbocycles. The predicted octanol–water partition coefficient (Wildman–Crippen LogP) is 3.31. The Kier molecular flexibility index (Phi) is 6.45. The maximum Gasteiger partial charge on any atom is 0.252 e. The van der Waals surface area contributed by atoms with Crippen LogP contribution in [0.5, 0.6) is 0 Å². The first kappa shape index (κ1) is 20.6. The molecule has 1 N–H and O–H groups in total. The minimum absolute atomic E-state index is 0.151. The quantitative estimate of drug-likeness (QED) is 0.762. The minimum Gasteiger partial charge on any atom is -0.325 e. The number of sulfonamides is 1. The average molecular weight is 448 g/mol. The van der Waals surface area contributed by atoms with E-state index in [9.17, 15) is 13.2 Å². The Bertz CT molecular complexity index is 939. The SMILES string of the molecule is Cc1c(Cl)cccc1NC(=O)CN1CCN(S(=O)(=O)c2ccc(Cl)s2)CC1. The number of amides is 1. The summed E-state index contributed by atoms with van der Waals surface area (Å²) in [5, 5.41) is 3.46. The Morgan fingerprint density at radius 1 is 1.15 bits per heavy atom. The molecule has 1 saturated heterocycles. The summed E-state index contributed by atoms with van der Waals surface area (Å²) in [6.45, 7) is 3.69. The van der Waals surface area contributed by atoms with Crippen LogP contribution in [-0.2, 0) is 14.8 Å². The van der Waals surface area contributed by atoms with Gasteiger partial charge in [-0.3, -0.25) is 9.69 Å². The van der Waals surface area contributed by atoms with Crippen LogP contribution >= 0.6 is 34.5 Å². The Morgan fingerprint density at radius 2 is 1.85 bits per heavy atom. The van der Waals surface area contributed by atoms with Crippen LogP contribution in [0.1, 0.15) is 5.56 Å². The fourth-order valence-electron chi connectivity index (χ4n) is 2.83. The zero-order valence-electron chi connectivity index (χ0n) is 14.6. The van der Waals surface area contributed by atoms with Crippen LogP contribution in [0, 0.1) is 6.92 Å². The predicted molar refractivity (Wildman–Crippen MR) is 109 cm³/mol. The summed E-state index contributed by atoms with van der Waals surface area (Å²) in [5.41, 5.74) is 1.50. The van der Waals surface area contributed by atoms with Gasteiger partial charge in [0.1, 0.15) is 4.21 Å². The van der Waals surface area contributed by atoms with Crippen LogP contribution in [0.15, 0.2) is 34.5 Å². The summed E-state index contributed by atoms with van der Waals surface area (Å²) < 4.78 is 27.3. The van der Waals surface area contributed by atoms with Crippen LogP contribution in [0.25, 0.3) is 0 Å². The third-order valence-corrected chi connectivity index (χ3v) is 8.39. The molecule has 0 atom stereocenters. The highest BCUT2D eigenvalue weighted by molar-refractivity contribution is 7.91. The van der Waals surface area contributed by atoms with Crippen LogP contribution < -0.4 is 5.32 Å². The molecule has 1 aliphatic heterocycles. The molecular formula is C17H19Cl2N3O3S2. The van der Waals surface area contributed by atoms with Crippen molar-refractivity contribution in [2.24, 2.45) is 0 Å². The zero-order chi connectivity index (χ0) is 19.6. The van der Waals surface area contributed by atoms with E-state index < -0.39 is 10.0 Å². The number of carbonyl (C=O) groups excluding carboxylic acids is 1. The Balaban J connectivity index is 1.55. The molecule has 0 saturated carbocycles. The Labute approximate surface area is 172 Å². The van der Waals surface area contributed by atoms with Crippen LogP contribution in [0.2, 0.25) is 9.36 Å². The topological polar surface area (TPSA) is 69.7 Å². The van der Waals surface area contributed by atoms with Crippen molar-refractivity contribution in [2.75, 3.05) is 38.0 Å². The highest BCUT2D eigenvalue weighted by Crippen LogP contribution is 2.28. The van der Waals surface area contributed by atoms with Gasteiger partial charge in [0.25, 0.3) is 10.0 Å². The molecule has 1 amide bonds. The van der Waals surface area contributed by atoms with Gasteiger partial charge in [-0.05, 0) is 36.8 Å². The number of nitrogens with one attached hydrogen (secondary N) is 1. The van der Waals surface area contributed by atoms with Crippen molar-refractivity contribution in [1.29, 1.82) is 0 Å². The van der Waals surface area contributed by atoms with Crippen molar-refractivity contribution in [3.05, 3.63) is 45.3 Å². The number of thiophene rings is 1. The number of nitrogens with zero attached hydrogens (tertiary/aromatic N) is 2. The van der Waals surface area contributed by atoms with E-state index in [-0.39, 0.29) is 16.7 Å². The third kappa shape index (κ3) is 4.82. The average Bonchev–Trinajstić information content (AvgIpc) is 3.07. The van der Waals surface area contributed by atoms with Crippen molar-refractivity contribution in [2.45, 2.75) is 11.1 Å². The van der Waals surface area contributed by atoms with Gasteiger partial charge in [-0.1, -0.05) is 29.3 Å². The van der Waals surface area contributed by atoms with E-state index in [0.29, 0.717) is 41.2 Å². The van der Waals surface area contributed by atoms with Gasteiger partial charge in [-0.25, -0.2) is 8.42 Å². The molecule has 1 fully saturated rings. The monoisotopic (exact) mass is 447 g/mol. The molecule has 0 spiro atoms. The molecule has 6 nitrogen and oxygen atoms in total. The van der Waals surface area contributed by atoms with Gasteiger partial charge < -0.3 is 5.32 Å². The maximum absolute atomic E-state index is 12.6. The van der Waals surface area contributed by atoms with E-state index in [2.05, 4.69) is 5.32 Å². The number of hydrogen-bond acceptors (Lipinski definition) is 5. The first-order valence-corrected chi connectivity index (χ1v) is 11.3. The van der Waals surface area contributed by atoms with Crippen molar-refractivity contribution in [3.8, 4) is 0 Å². The molecular weight excluding hydrogens is 429 g/mol. The molecule has 1 aliphatic rings. The Morgan fingerprint density at radius 3 is 2.48 bits per heavy atom. The first-order valence-electron chi connectivity index (χ1n) is 8.30. The molecule has 0 aliphatic carbocycles. The lowest BCUT2D eigenvalue weighted by Crippen LogP contribution is -2.50. The molecule has 10 heteroatoms. The van der Waals surface area contributed by atoms with E-state index in [0.717, 1.165) is 16.9 Å². The van der Waals surface area contributed by atoms with E-state index in [1.807, 2.05) is 11.8 Å². The summed E-state index contributed by atoms with van der Waals surface area (Å²) in [4.78, 5) is 14.2. The number of hydrogen-bond donors (Lipinski definition) is 1. The fourth-order valence-corrected chi connectivity index (χ4v) is 6.06. The highest BCUT2D eigenvalue weighted by atomic mass is 35.5. The highest BCUT2D eigenvalue weighted by Gasteiger charge is 2.30. The van der Waals surface area contributed by atoms with E-state index in [1.165, 1.54) is 10.4 Å². The normalized spacial score (nSPS) is 16.4. The van der Waals surface area contributed by atoms with Gasteiger partial charge in [0, 0.05) is 36.9 Å². The largest absolute Gasteiger partial charge is 0.325 e. The maximum atomic E-state index is 12.6. The van der Waals surface area contributed by atoms with E-state index in [1.54, 1.807) is 24.3 Å². The van der Waals surface area contributed by atoms with E-state index in [4.69, 9.17) is 23.2 Å². The van der Waals surface area contributed by atoms with E-state index >= 15 is 0 Å². The standard InChI is InChI=1S/C17H19Cl2N3O3S2/c1-12-13(18)3-2-4-14(12)20-16(23)11-21-7-9-22(10-8-21)27(24,25)17-6-5-15(19)26-17/h2-6H,7-11H2,1H3,(H,20,23). The summed E-state index contributed by atoms with van der Waals surface area (Å²) in [6, 6.07) is 8.46. The van der Waals surface area contributed by atoms with Gasteiger partial charge in [-0.15, -0.1) is 11.3 Å². The molecule has 146 valence electrons. The first-order chi connectivity index (χ1) is 12.8. The van der Waals surface area contributed by atoms with Gasteiger partial charge >= 0.3 is 0 Å². The van der Waals surface area contributed by atoms with Gasteiger partial charge in [-0.2, -0.15) is 4.31 Å². The summed E-state index contributed by atoms with van der Waals surface area (Å²) in [6.07, 6.45) is 0. The van der Waals surface area contributed by atoms with Crippen molar-refractivity contribution in [1.82, 2.24) is 9.21 Å². The third-order valence-electron chi connectivity index (χ3n) is 4.38. The summed E-state index contributed by atoms with van der Waals surface area (Å²) in [5.74, 6) is -0.151. The lowest BCUT2D eigenvalue weighted by Gasteiger charge is -2.33. The molecule has 2 heterocycles. The smallest absolute Gasteiger partial charge is 0.252 e.